The first-order chi connectivity index (χ1) is 7.58. The standard InChI is InChI=1S/C12H19N3S/c1-10-5-3-6-11(14-10)9-15(2)8-4-7-12(13)16/h3,5-6H,4,7-9H2,1-2H3,(H2,13,16). The Morgan fingerprint density at radius 2 is 2.25 bits per heavy atom. The molecular formula is C12H19N3S. The Kier molecular flexibility index (Phi) is 5.35. The van der Waals surface area contributed by atoms with E-state index in [-0.39, 0.29) is 0 Å². The molecule has 2 N–H and O–H groups in total. The van der Waals surface area contributed by atoms with Gasteiger partial charge in [0.05, 0.1) is 10.7 Å². The Hall–Kier alpha value is -1.00. The molecule has 3 nitrogen and oxygen atoms in total. The number of rotatable bonds is 6. The van der Waals surface area contributed by atoms with Crippen molar-refractivity contribution in [3.63, 3.8) is 0 Å². The highest BCUT2D eigenvalue weighted by atomic mass is 32.1. The minimum Gasteiger partial charge on any atom is -0.393 e. The van der Waals surface area contributed by atoms with Gasteiger partial charge >= 0.3 is 0 Å². The smallest absolute Gasteiger partial charge is 0.0727 e. The van der Waals surface area contributed by atoms with Crippen LogP contribution in [0.4, 0.5) is 0 Å². The lowest BCUT2D eigenvalue weighted by Crippen LogP contribution is -2.21. The number of hydrogen-bond donors (Lipinski definition) is 1. The van der Waals surface area contributed by atoms with Crippen molar-refractivity contribution in [2.24, 2.45) is 5.73 Å². The number of hydrogen-bond acceptors (Lipinski definition) is 3. The molecule has 16 heavy (non-hydrogen) atoms. The Morgan fingerprint density at radius 1 is 1.50 bits per heavy atom. The van der Waals surface area contributed by atoms with Crippen LogP contribution in [0.3, 0.4) is 0 Å². The average Bonchev–Trinajstić information content (AvgIpc) is 2.16. The maximum Gasteiger partial charge on any atom is 0.0727 e. The van der Waals surface area contributed by atoms with Crippen LogP contribution in [-0.4, -0.2) is 28.5 Å². The lowest BCUT2D eigenvalue weighted by molar-refractivity contribution is 0.320. The quantitative estimate of drug-likeness (QED) is 0.767. The summed E-state index contributed by atoms with van der Waals surface area (Å²) in [6, 6.07) is 6.11. The van der Waals surface area contributed by atoms with E-state index in [1.165, 1.54) is 0 Å². The fourth-order valence-corrected chi connectivity index (χ4v) is 1.71. The summed E-state index contributed by atoms with van der Waals surface area (Å²) >= 11 is 4.84. The zero-order chi connectivity index (χ0) is 12.0. The molecule has 1 heterocycles. The second kappa shape index (κ2) is 6.55. The van der Waals surface area contributed by atoms with Crippen molar-refractivity contribution in [1.82, 2.24) is 9.88 Å². The molecule has 0 atom stereocenters. The highest BCUT2D eigenvalue weighted by molar-refractivity contribution is 7.80. The second-order valence-corrected chi connectivity index (χ2v) is 4.60. The molecule has 1 rings (SSSR count). The van der Waals surface area contributed by atoms with Crippen LogP contribution in [0.5, 0.6) is 0 Å². The molecule has 0 saturated carbocycles. The normalized spacial score (nSPS) is 10.7. The van der Waals surface area contributed by atoms with E-state index in [1.807, 2.05) is 19.1 Å². The summed E-state index contributed by atoms with van der Waals surface area (Å²) in [7, 11) is 2.09. The molecule has 88 valence electrons. The molecule has 1 aromatic rings. The van der Waals surface area contributed by atoms with Gasteiger partial charge in [0, 0.05) is 12.2 Å². The lowest BCUT2D eigenvalue weighted by atomic mass is 10.2. The van der Waals surface area contributed by atoms with Crippen LogP contribution < -0.4 is 5.73 Å². The van der Waals surface area contributed by atoms with E-state index in [9.17, 15) is 0 Å². The van der Waals surface area contributed by atoms with Gasteiger partial charge in [-0.25, -0.2) is 0 Å². The molecule has 0 fully saturated rings. The molecule has 0 aliphatic carbocycles. The van der Waals surface area contributed by atoms with Gasteiger partial charge in [-0.2, -0.15) is 0 Å². The summed E-state index contributed by atoms with van der Waals surface area (Å²) in [5, 5.41) is 0. The third-order valence-corrected chi connectivity index (χ3v) is 2.55. The van der Waals surface area contributed by atoms with Gasteiger partial charge in [-0.15, -0.1) is 0 Å². The zero-order valence-corrected chi connectivity index (χ0v) is 10.8. The first-order valence-corrected chi connectivity index (χ1v) is 5.88. The van der Waals surface area contributed by atoms with Crippen molar-refractivity contribution >= 4 is 17.2 Å². The second-order valence-electron chi connectivity index (χ2n) is 4.08. The Labute approximate surface area is 103 Å². The highest BCUT2D eigenvalue weighted by Gasteiger charge is 2.01. The summed E-state index contributed by atoms with van der Waals surface area (Å²) in [5.74, 6) is 0. The molecule has 0 spiro atoms. The Bertz CT molecular complexity index is 352. The minimum absolute atomic E-state index is 0.599. The van der Waals surface area contributed by atoms with Gasteiger partial charge < -0.3 is 10.6 Å². The van der Waals surface area contributed by atoms with E-state index in [0.29, 0.717) is 4.99 Å². The van der Waals surface area contributed by atoms with Crippen molar-refractivity contribution in [1.29, 1.82) is 0 Å². The molecule has 0 radical (unpaired) electrons. The van der Waals surface area contributed by atoms with Gasteiger partial charge in [0.15, 0.2) is 0 Å². The Morgan fingerprint density at radius 3 is 2.88 bits per heavy atom. The number of aryl methyl sites for hydroxylation is 1. The molecule has 4 heteroatoms. The third-order valence-electron chi connectivity index (χ3n) is 2.34. The number of nitrogens with zero attached hydrogens (tertiary/aromatic N) is 2. The average molecular weight is 237 g/mol. The molecule has 0 bridgehead atoms. The Balaban J connectivity index is 2.33. The van der Waals surface area contributed by atoms with E-state index < -0.39 is 0 Å². The zero-order valence-electron chi connectivity index (χ0n) is 9.94. The monoisotopic (exact) mass is 237 g/mol. The predicted molar refractivity (Wildman–Crippen MR) is 71.3 cm³/mol. The van der Waals surface area contributed by atoms with Crippen LogP contribution in [0.25, 0.3) is 0 Å². The number of aromatic nitrogens is 1. The van der Waals surface area contributed by atoms with Crippen molar-refractivity contribution in [2.75, 3.05) is 13.6 Å². The molecule has 0 amide bonds. The van der Waals surface area contributed by atoms with Gasteiger partial charge in [0.25, 0.3) is 0 Å². The molecule has 0 unspecified atom stereocenters. The molecule has 0 aliphatic heterocycles. The van der Waals surface area contributed by atoms with Crippen molar-refractivity contribution in [3.05, 3.63) is 29.6 Å². The number of nitrogens with two attached hydrogens (primary N) is 1. The summed E-state index contributed by atoms with van der Waals surface area (Å²) < 4.78 is 0. The number of pyridine rings is 1. The van der Waals surface area contributed by atoms with Gasteiger partial charge in [0.2, 0.25) is 0 Å². The van der Waals surface area contributed by atoms with Crippen molar-refractivity contribution < 1.29 is 0 Å². The van der Waals surface area contributed by atoms with E-state index >= 15 is 0 Å². The van der Waals surface area contributed by atoms with E-state index in [4.69, 9.17) is 18.0 Å². The van der Waals surface area contributed by atoms with Crippen LogP contribution in [0.2, 0.25) is 0 Å². The van der Waals surface area contributed by atoms with Crippen LogP contribution in [0, 0.1) is 6.92 Å². The summed E-state index contributed by atoms with van der Waals surface area (Å²) in [6.45, 7) is 3.88. The van der Waals surface area contributed by atoms with Crippen LogP contribution in [0.15, 0.2) is 18.2 Å². The molecule has 0 aromatic carbocycles. The fourth-order valence-electron chi connectivity index (χ4n) is 1.57. The molecular weight excluding hydrogens is 218 g/mol. The summed E-state index contributed by atoms with van der Waals surface area (Å²) in [4.78, 5) is 7.30. The molecule has 0 saturated heterocycles. The predicted octanol–water partition coefficient (Wildman–Crippen LogP) is 1.89. The van der Waals surface area contributed by atoms with Gasteiger partial charge in [-0.05, 0) is 45.5 Å². The highest BCUT2D eigenvalue weighted by Crippen LogP contribution is 2.03. The maximum absolute atomic E-state index is 5.45. The minimum atomic E-state index is 0.599. The van der Waals surface area contributed by atoms with Gasteiger partial charge in [-0.3, -0.25) is 4.98 Å². The van der Waals surface area contributed by atoms with Gasteiger partial charge in [-0.1, -0.05) is 18.3 Å². The van der Waals surface area contributed by atoms with Crippen LogP contribution in [-0.2, 0) is 6.54 Å². The van der Waals surface area contributed by atoms with Crippen molar-refractivity contribution in [2.45, 2.75) is 26.3 Å². The molecule has 0 aliphatic rings. The van der Waals surface area contributed by atoms with Gasteiger partial charge in [0.1, 0.15) is 0 Å². The largest absolute Gasteiger partial charge is 0.393 e. The lowest BCUT2D eigenvalue weighted by Gasteiger charge is -2.15. The third kappa shape index (κ3) is 5.19. The first kappa shape index (κ1) is 13.1. The molecule has 1 aromatic heterocycles. The van der Waals surface area contributed by atoms with Crippen molar-refractivity contribution in [3.8, 4) is 0 Å². The number of thiocarbonyl (C=S) groups is 1. The maximum atomic E-state index is 5.45. The SMILES string of the molecule is Cc1cccc(CN(C)CCCC(N)=S)n1. The summed E-state index contributed by atoms with van der Waals surface area (Å²) in [6.07, 6.45) is 1.83. The van der Waals surface area contributed by atoms with E-state index in [1.54, 1.807) is 0 Å². The van der Waals surface area contributed by atoms with E-state index in [2.05, 4.69) is 23.0 Å². The van der Waals surface area contributed by atoms with Crippen LogP contribution in [0.1, 0.15) is 24.2 Å². The van der Waals surface area contributed by atoms with E-state index in [0.717, 1.165) is 37.3 Å². The van der Waals surface area contributed by atoms with Crippen LogP contribution >= 0.6 is 12.2 Å². The fraction of sp³-hybridized carbons (Fsp3) is 0.500. The first-order valence-electron chi connectivity index (χ1n) is 5.47. The topological polar surface area (TPSA) is 42.1 Å². The summed E-state index contributed by atoms with van der Waals surface area (Å²) in [5.41, 5.74) is 7.62.